The number of aromatic nitrogens is 2. The number of alkyl halides is 2. The molecule has 2 rings (SSSR count). The maximum atomic E-state index is 12.5. The summed E-state index contributed by atoms with van der Waals surface area (Å²) in [6.07, 6.45) is -1.34. The van der Waals surface area contributed by atoms with Gasteiger partial charge in [0.05, 0.1) is 0 Å². The highest BCUT2D eigenvalue weighted by Crippen LogP contribution is 2.21. The second kappa shape index (κ2) is 4.69. The summed E-state index contributed by atoms with van der Waals surface area (Å²) in [4.78, 5) is 9.62. The lowest BCUT2D eigenvalue weighted by atomic mass is 10.2. The van der Waals surface area contributed by atoms with Crippen LogP contribution < -0.4 is 10.2 Å². The fourth-order valence-corrected chi connectivity index (χ4v) is 1.82. The SMILES string of the molecule is C[C@H]1CNCCN1c1cc(C(F)F)ncn1. The molecule has 1 aromatic heterocycles. The maximum Gasteiger partial charge on any atom is 0.280 e. The van der Waals surface area contributed by atoms with Crippen molar-refractivity contribution in [2.45, 2.75) is 19.4 Å². The molecule has 1 saturated heterocycles. The highest BCUT2D eigenvalue weighted by molar-refractivity contribution is 5.41. The third kappa shape index (κ3) is 2.27. The molecule has 0 unspecified atom stereocenters. The molecule has 0 radical (unpaired) electrons. The molecule has 6 heteroatoms. The van der Waals surface area contributed by atoms with Gasteiger partial charge in [0.1, 0.15) is 17.8 Å². The van der Waals surface area contributed by atoms with Gasteiger partial charge in [0.15, 0.2) is 0 Å². The lowest BCUT2D eigenvalue weighted by molar-refractivity contribution is 0.146. The second-order valence-electron chi connectivity index (χ2n) is 3.85. The van der Waals surface area contributed by atoms with E-state index in [9.17, 15) is 8.78 Å². The van der Waals surface area contributed by atoms with E-state index in [1.54, 1.807) is 0 Å². The molecule has 0 amide bonds. The van der Waals surface area contributed by atoms with Crippen LogP contribution in [0.4, 0.5) is 14.6 Å². The van der Waals surface area contributed by atoms with E-state index < -0.39 is 6.43 Å². The Bertz CT molecular complexity index is 358. The van der Waals surface area contributed by atoms with Crippen LogP contribution in [0.25, 0.3) is 0 Å². The molecule has 1 atom stereocenters. The summed E-state index contributed by atoms with van der Waals surface area (Å²) in [5.74, 6) is 0.583. The number of hydrogen-bond donors (Lipinski definition) is 1. The van der Waals surface area contributed by atoms with E-state index in [-0.39, 0.29) is 11.7 Å². The van der Waals surface area contributed by atoms with Gasteiger partial charge in [-0.3, -0.25) is 0 Å². The fraction of sp³-hybridized carbons (Fsp3) is 0.600. The summed E-state index contributed by atoms with van der Waals surface area (Å²) in [6.45, 7) is 4.50. The first-order valence-corrected chi connectivity index (χ1v) is 5.26. The second-order valence-corrected chi connectivity index (χ2v) is 3.85. The Labute approximate surface area is 92.7 Å². The molecule has 0 bridgehead atoms. The molecule has 1 N–H and O–H groups in total. The number of rotatable bonds is 2. The molecule has 88 valence electrons. The molecule has 2 heterocycles. The standard InChI is InChI=1S/C10H14F2N4/c1-7-5-13-2-3-16(7)9-4-8(10(11)12)14-6-15-9/h4,6-7,10,13H,2-3,5H2,1H3/t7-/m0/s1. The van der Waals surface area contributed by atoms with Gasteiger partial charge < -0.3 is 10.2 Å². The van der Waals surface area contributed by atoms with Crippen LogP contribution in [0.3, 0.4) is 0 Å². The van der Waals surface area contributed by atoms with Crippen molar-refractivity contribution in [1.82, 2.24) is 15.3 Å². The minimum Gasteiger partial charge on any atom is -0.351 e. The van der Waals surface area contributed by atoms with Crippen LogP contribution in [0.1, 0.15) is 19.0 Å². The van der Waals surface area contributed by atoms with Gasteiger partial charge in [0.2, 0.25) is 0 Å². The van der Waals surface area contributed by atoms with Crippen molar-refractivity contribution >= 4 is 5.82 Å². The molecule has 1 aliphatic rings. The first kappa shape index (κ1) is 11.2. The summed E-state index contributed by atoms with van der Waals surface area (Å²) in [7, 11) is 0. The Morgan fingerprint density at radius 1 is 1.50 bits per heavy atom. The molecule has 1 aromatic rings. The number of anilines is 1. The van der Waals surface area contributed by atoms with E-state index in [1.165, 1.54) is 12.4 Å². The quantitative estimate of drug-likeness (QED) is 0.826. The van der Waals surface area contributed by atoms with E-state index in [1.807, 2.05) is 11.8 Å². The van der Waals surface area contributed by atoms with E-state index in [4.69, 9.17) is 0 Å². The van der Waals surface area contributed by atoms with E-state index >= 15 is 0 Å². The lowest BCUT2D eigenvalue weighted by Gasteiger charge is -2.34. The van der Waals surface area contributed by atoms with Gasteiger partial charge in [-0.2, -0.15) is 0 Å². The summed E-state index contributed by atoms with van der Waals surface area (Å²) in [5, 5.41) is 3.24. The minimum atomic E-state index is -2.54. The highest BCUT2D eigenvalue weighted by atomic mass is 19.3. The molecule has 4 nitrogen and oxygen atoms in total. The van der Waals surface area contributed by atoms with Gasteiger partial charge in [-0.1, -0.05) is 0 Å². The van der Waals surface area contributed by atoms with Crippen molar-refractivity contribution in [3.05, 3.63) is 18.1 Å². The third-order valence-corrected chi connectivity index (χ3v) is 2.69. The van der Waals surface area contributed by atoms with Crippen molar-refractivity contribution in [3.63, 3.8) is 0 Å². The van der Waals surface area contributed by atoms with Gasteiger partial charge in [-0.15, -0.1) is 0 Å². The van der Waals surface area contributed by atoms with Crippen LogP contribution in [0, 0.1) is 0 Å². The topological polar surface area (TPSA) is 41.0 Å². The van der Waals surface area contributed by atoms with Gasteiger partial charge in [-0.25, -0.2) is 18.7 Å². The summed E-state index contributed by atoms with van der Waals surface area (Å²) >= 11 is 0. The molecular formula is C10H14F2N4. The van der Waals surface area contributed by atoms with Crippen molar-refractivity contribution in [2.24, 2.45) is 0 Å². The largest absolute Gasteiger partial charge is 0.351 e. The van der Waals surface area contributed by atoms with Crippen molar-refractivity contribution in [3.8, 4) is 0 Å². The Morgan fingerprint density at radius 2 is 2.31 bits per heavy atom. The molecule has 0 aliphatic carbocycles. The van der Waals surface area contributed by atoms with Crippen LogP contribution in [-0.4, -0.2) is 35.6 Å². The van der Waals surface area contributed by atoms with Crippen LogP contribution in [0.15, 0.2) is 12.4 Å². The molecule has 0 spiro atoms. The molecule has 0 aromatic carbocycles. The zero-order valence-electron chi connectivity index (χ0n) is 9.03. The number of nitrogens with one attached hydrogen (secondary N) is 1. The van der Waals surface area contributed by atoms with Crippen LogP contribution >= 0.6 is 0 Å². The van der Waals surface area contributed by atoms with E-state index in [0.717, 1.165) is 19.6 Å². The van der Waals surface area contributed by atoms with Crippen molar-refractivity contribution in [1.29, 1.82) is 0 Å². The van der Waals surface area contributed by atoms with Crippen LogP contribution in [-0.2, 0) is 0 Å². The Balaban J connectivity index is 2.21. The Hall–Kier alpha value is -1.30. The zero-order chi connectivity index (χ0) is 11.5. The number of nitrogens with zero attached hydrogens (tertiary/aromatic N) is 3. The lowest BCUT2D eigenvalue weighted by Crippen LogP contribution is -2.50. The summed E-state index contributed by atoms with van der Waals surface area (Å²) in [6, 6.07) is 1.63. The number of hydrogen-bond acceptors (Lipinski definition) is 4. The summed E-state index contributed by atoms with van der Waals surface area (Å²) < 4.78 is 25.0. The van der Waals surface area contributed by atoms with Crippen LogP contribution in [0.2, 0.25) is 0 Å². The van der Waals surface area contributed by atoms with Crippen LogP contribution in [0.5, 0.6) is 0 Å². The maximum absolute atomic E-state index is 12.5. The van der Waals surface area contributed by atoms with E-state index in [2.05, 4.69) is 15.3 Å². The predicted octanol–water partition coefficient (Wildman–Crippen LogP) is 1.21. The van der Waals surface area contributed by atoms with E-state index in [0.29, 0.717) is 5.82 Å². The van der Waals surface area contributed by atoms with Gasteiger partial charge >= 0.3 is 0 Å². The minimum absolute atomic E-state index is 0.212. The average Bonchev–Trinajstić information content (AvgIpc) is 2.30. The average molecular weight is 228 g/mol. The number of halogens is 2. The van der Waals surface area contributed by atoms with Gasteiger partial charge in [0, 0.05) is 31.7 Å². The number of piperazine rings is 1. The Morgan fingerprint density at radius 3 is 3.00 bits per heavy atom. The van der Waals surface area contributed by atoms with Gasteiger partial charge in [0.25, 0.3) is 6.43 Å². The normalized spacial score (nSPS) is 21.5. The molecular weight excluding hydrogens is 214 g/mol. The predicted molar refractivity (Wildman–Crippen MR) is 56.7 cm³/mol. The molecule has 1 fully saturated rings. The molecule has 0 saturated carbocycles. The molecule has 1 aliphatic heterocycles. The van der Waals surface area contributed by atoms with Crippen molar-refractivity contribution in [2.75, 3.05) is 24.5 Å². The Kier molecular flexibility index (Phi) is 3.28. The fourth-order valence-electron chi connectivity index (χ4n) is 1.82. The van der Waals surface area contributed by atoms with Gasteiger partial charge in [-0.05, 0) is 6.92 Å². The monoisotopic (exact) mass is 228 g/mol. The first-order chi connectivity index (χ1) is 7.68. The highest BCUT2D eigenvalue weighted by Gasteiger charge is 2.20. The first-order valence-electron chi connectivity index (χ1n) is 5.26. The molecule has 16 heavy (non-hydrogen) atoms. The zero-order valence-corrected chi connectivity index (χ0v) is 9.03. The summed E-state index contributed by atoms with van der Waals surface area (Å²) in [5.41, 5.74) is -0.212. The van der Waals surface area contributed by atoms with Crippen molar-refractivity contribution < 1.29 is 8.78 Å². The smallest absolute Gasteiger partial charge is 0.280 e. The third-order valence-electron chi connectivity index (χ3n) is 2.69.